The topological polar surface area (TPSA) is 97.6 Å². The van der Waals surface area contributed by atoms with Gasteiger partial charge in [0.1, 0.15) is 22.3 Å². The number of hydrogen-bond donors (Lipinski definition) is 0. The average molecular weight is 1510 g/mol. The maximum absolute atomic E-state index is 6.79. The Hall–Kier alpha value is -16.0. The first-order valence-corrected chi connectivity index (χ1v) is 40.0. The van der Waals surface area contributed by atoms with Crippen molar-refractivity contribution in [2.75, 3.05) is 0 Å². The van der Waals surface area contributed by atoms with Gasteiger partial charge in [-0.15, -0.1) is 0 Å². The number of benzene rings is 18. The fourth-order valence-corrected chi connectivity index (χ4v) is 18.9. The van der Waals surface area contributed by atoms with Crippen molar-refractivity contribution in [3.8, 4) is 68.0 Å². The highest BCUT2D eigenvalue weighted by atomic mass is 16.3. The fourth-order valence-electron chi connectivity index (χ4n) is 18.9. The third kappa shape index (κ3) is 9.93. The molecule has 18 aromatic carbocycles. The molecule has 26 rings (SSSR count). The predicted octanol–water partition coefficient (Wildman–Crippen LogP) is 28.4. The molecule has 0 saturated carbocycles. The van der Waals surface area contributed by atoms with E-state index in [1.807, 2.05) is 12.1 Å². The Kier molecular flexibility index (Phi) is 14.3. The van der Waals surface area contributed by atoms with Crippen molar-refractivity contribution in [1.29, 1.82) is 0 Å². The molecule has 0 unspecified atom stereocenters. The van der Waals surface area contributed by atoms with Gasteiger partial charge in [0.15, 0.2) is 0 Å². The molecule has 0 N–H and O–H groups in total. The molecule has 8 heterocycles. The zero-order valence-electron chi connectivity index (χ0n) is 63.3. The third-order valence-corrected chi connectivity index (χ3v) is 24.2. The Labute approximate surface area is 673 Å². The molecule has 0 bridgehead atoms. The van der Waals surface area contributed by atoms with E-state index in [9.17, 15) is 0 Å². The molecule has 0 fully saturated rings. The van der Waals surface area contributed by atoms with Gasteiger partial charge >= 0.3 is 0 Å². The number of aromatic nitrogens is 8. The van der Waals surface area contributed by atoms with Crippen LogP contribution in [0.25, 0.3) is 242 Å². The van der Waals surface area contributed by atoms with E-state index in [-0.39, 0.29) is 0 Å². The Balaban J connectivity index is 0.000000131. The molecule has 10 heteroatoms. The molecular formula is C108H64N8O2. The average Bonchev–Trinajstić information content (AvgIpc) is 1.54. The quantitative estimate of drug-likeness (QED) is 0.150. The highest BCUT2D eigenvalue weighted by Gasteiger charge is 2.29. The van der Waals surface area contributed by atoms with Crippen molar-refractivity contribution in [3.05, 3.63) is 388 Å². The number of nitrogens with zero attached hydrogens (tertiary/aromatic N) is 8. The maximum atomic E-state index is 6.79. The van der Waals surface area contributed by atoms with Crippen LogP contribution in [0.5, 0.6) is 0 Å². The van der Waals surface area contributed by atoms with Crippen LogP contribution in [-0.4, -0.2) is 38.2 Å². The molecular weight excluding hydrogens is 1440 g/mol. The molecule has 0 atom stereocenters. The Morgan fingerprint density at radius 1 is 0.195 bits per heavy atom. The lowest BCUT2D eigenvalue weighted by Gasteiger charge is -2.13. The van der Waals surface area contributed by atoms with Crippen LogP contribution < -0.4 is 0 Å². The van der Waals surface area contributed by atoms with Crippen LogP contribution in [0.4, 0.5) is 0 Å². The lowest BCUT2D eigenvalue weighted by atomic mass is 10.0. The van der Waals surface area contributed by atoms with Crippen molar-refractivity contribution >= 4 is 174 Å². The van der Waals surface area contributed by atoms with Crippen LogP contribution in [0.3, 0.4) is 0 Å². The fraction of sp³-hybridized carbons (Fsp3) is 0. The molecule has 0 saturated heterocycles. The first-order chi connectivity index (χ1) is 58.5. The van der Waals surface area contributed by atoms with Gasteiger partial charge < -0.3 is 18.0 Å². The molecule has 26 aromatic rings. The van der Waals surface area contributed by atoms with Gasteiger partial charge in [-0.05, 0) is 153 Å². The van der Waals surface area contributed by atoms with Crippen LogP contribution in [-0.2, 0) is 0 Å². The summed E-state index contributed by atoms with van der Waals surface area (Å²) >= 11 is 0. The van der Waals surface area contributed by atoms with E-state index in [0.29, 0.717) is 11.9 Å². The summed E-state index contributed by atoms with van der Waals surface area (Å²) in [5, 5.41) is 20.2. The van der Waals surface area contributed by atoms with Crippen LogP contribution >= 0.6 is 0 Å². The molecule has 548 valence electrons. The monoisotopic (exact) mass is 1500 g/mol. The lowest BCUT2D eigenvalue weighted by Crippen LogP contribution is -2.03. The molecule has 0 amide bonds. The zero-order chi connectivity index (χ0) is 77.2. The second-order valence-corrected chi connectivity index (χ2v) is 30.7. The van der Waals surface area contributed by atoms with Crippen molar-refractivity contribution in [1.82, 2.24) is 38.2 Å². The van der Waals surface area contributed by atoms with Gasteiger partial charge in [0, 0.05) is 87.1 Å². The normalized spacial score (nSPS) is 12.1. The summed E-state index contributed by atoms with van der Waals surface area (Å²) in [5.41, 5.74) is 24.6. The van der Waals surface area contributed by atoms with Crippen molar-refractivity contribution in [2.45, 2.75) is 0 Å². The molecule has 118 heavy (non-hydrogen) atoms. The van der Waals surface area contributed by atoms with Crippen LogP contribution in [0.2, 0.25) is 0 Å². The van der Waals surface area contributed by atoms with Crippen LogP contribution in [0, 0.1) is 0 Å². The van der Waals surface area contributed by atoms with Crippen molar-refractivity contribution in [2.24, 2.45) is 0 Å². The molecule has 0 spiro atoms. The van der Waals surface area contributed by atoms with Crippen LogP contribution in [0.15, 0.2) is 397 Å². The number of fused-ring (bicyclic) bond motifs is 26. The van der Waals surface area contributed by atoms with Gasteiger partial charge in [-0.1, -0.05) is 279 Å². The first kappa shape index (κ1) is 65.5. The van der Waals surface area contributed by atoms with Gasteiger partial charge in [-0.25, -0.2) is 19.9 Å². The van der Waals surface area contributed by atoms with Crippen LogP contribution in [0.1, 0.15) is 0 Å². The third-order valence-electron chi connectivity index (χ3n) is 24.2. The van der Waals surface area contributed by atoms with Gasteiger partial charge in [0.2, 0.25) is 11.9 Å². The molecule has 0 aliphatic heterocycles. The highest BCUT2D eigenvalue weighted by Crippen LogP contribution is 2.49. The van der Waals surface area contributed by atoms with E-state index in [0.717, 1.165) is 192 Å². The second-order valence-electron chi connectivity index (χ2n) is 30.7. The molecule has 0 aliphatic carbocycles. The molecule has 8 aromatic heterocycles. The standard InChI is InChI=1S/2C54H32N4O/c1-2-12-33(13-3-1)35-22-24-36(25-23-35)51-41-17-6-9-19-44(41)55-54(56-51)58-45-20-10-7-18-42(45)49-46(58)31-29-43-50-47(30-28-40-39-16-8-11-21-48(39)59-53(40)50)57(52(43)49)38-27-26-34-14-4-5-15-37(34)32-38;1-2-12-33(13-3-1)35-22-24-36(25-23-35)51-41-17-6-9-19-44(41)55-54(56-51)58-47-30-28-40-39-16-8-11-21-48(39)59-53(40)50(47)43-29-31-46-49(52(43)58)42-18-7-10-20-45(42)57(46)38-27-26-34-14-4-5-15-37(34)32-38/h2*1-32H. The number of furan rings is 2. The first-order valence-electron chi connectivity index (χ1n) is 40.0. The molecule has 0 aliphatic rings. The van der Waals surface area contributed by atoms with E-state index in [2.05, 4.69) is 394 Å². The van der Waals surface area contributed by atoms with Crippen molar-refractivity contribution < 1.29 is 8.83 Å². The van der Waals surface area contributed by atoms with E-state index >= 15 is 0 Å². The summed E-state index contributed by atoms with van der Waals surface area (Å²) < 4.78 is 22.9. The Bertz CT molecular complexity index is 8680. The predicted molar refractivity (Wildman–Crippen MR) is 488 cm³/mol. The summed E-state index contributed by atoms with van der Waals surface area (Å²) in [6, 6.07) is 138. The number of hydrogen-bond acceptors (Lipinski definition) is 6. The zero-order valence-corrected chi connectivity index (χ0v) is 63.3. The Morgan fingerprint density at radius 2 is 0.542 bits per heavy atom. The summed E-state index contributed by atoms with van der Waals surface area (Å²) in [7, 11) is 0. The summed E-state index contributed by atoms with van der Waals surface area (Å²) in [6.07, 6.45) is 0. The van der Waals surface area contributed by atoms with E-state index in [4.69, 9.17) is 28.8 Å². The minimum Gasteiger partial charge on any atom is -0.455 e. The van der Waals surface area contributed by atoms with Gasteiger partial charge in [0.05, 0.1) is 77.3 Å². The minimum absolute atomic E-state index is 0.608. The molecule has 10 nitrogen and oxygen atoms in total. The van der Waals surface area contributed by atoms with E-state index in [1.54, 1.807) is 0 Å². The number of rotatable bonds is 8. The second kappa shape index (κ2) is 25.7. The summed E-state index contributed by atoms with van der Waals surface area (Å²) in [5.74, 6) is 1.24. The SMILES string of the molecule is c1ccc(-c2ccc(-c3nc(-n4c5ccc6c7ccccc7oc6c5c5ccc6c(c7ccccc7n6-c6ccc7ccccc7c6)c54)nc4ccccc34)cc2)cc1.c1ccc(-c2ccc(-c3nc(-n4c5ccccc5c5c4ccc4c6c7oc8ccccc8c7ccc6n(-c6ccc7ccccc7c6)c45)nc4ccccc34)cc2)cc1. The van der Waals surface area contributed by atoms with Gasteiger partial charge in [-0.2, -0.15) is 0 Å². The van der Waals surface area contributed by atoms with Gasteiger partial charge in [-0.3, -0.25) is 9.13 Å². The van der Waals surface area contributed by atoms with Crippen molar-refractivity contribution in [3.63, 3.8) is 0 Å². The smallest absolute Gasteiger partial charge is 0.235 e. The summed E-state index contributed by atoms with van der Waals surface area (Å²) in [6.45, 7) is 0. The summed E-state index contributed by atoms with van der Waals surface area (Å²) in [4.78, 5) is 21.7. The van der Waals surface area contributed by atoms with E-state index < -0.39 is 0 Å². The Morgan fingerprint density at radius 3 is 1.04 bits per heavy atom. The minimum atomic E-state index is 0.608. The largest absolute Gasteiger partial charge is 0.455 e. The molecule has 0 radical (unpaired) electrons. The lowest BCUT2D eigenvalue weighted by molar-refractivity contribution is 0.672. The van der Waals surface area contributed by atoms with Gasteiger partial charge in [0.25, 0.3) is 0 Å². The number of para-hydroxylation sites is 6. The highest BCUT2D eigenvalue weighted by molar-refractivity contribution is 6.33. The maximum Gasteiger partial charge on any atom is 0.235 e. The van der Waals surface area contributed by atoms with E-state index in [1.165, 1.54) is 38.2 Å².